The van der Waals surface area contributed by atoms with Gasteiger partial charge in [-0.2, -0.15) is 5.10 Å². The summed E-state index contributed by atoms with van der Waals surface area (Å²) in [6, 6.07) is 11.7. The second-order valence-electron chi connectivity index (χ2n) is 5.87. The lowest BCUT2D eigenvalue weighted by Gasteiger charge is -2.23. The average Bonchev–Trinajstić information content (AvgIpc) is 2.71. The Kier molecular flexibility index (Phi) is 7.43. The summed E-state index contributed by atoms with van der Waals surface area (Å²) in [7, 11) is 0.684. The summed E-state index contributed by atoms with van der Waals surface area (Å²) in [6.07, 6.45) is 2.45. The Hall–Kier alpha value is -3.27. The highest BCUT2D eigenvalue weighted by atomic mass is 32.2. The van der Waals surface area contributed by atoms with Crippen molar-refractivity contribution >= 4 is 27.8 Å². The average molecular weight is 421 g/mol. The molecule has 0 aromatic heterocycles. The fourth-order valence-corrected chi connectivity index (χ4v) is 3.27. The van der Waals surface area contributed by atoms with Gasteiger partial charge in [0, 0.05) is 6.07 Å². The van der Waals surface area contributed by atoms with Gasteiger partial charge in [-0.3, -0.25) is 9.10 Å². The molecule has 156 valence electrons. The van der Waals surface area contributed by atoms with Crippen LogP contribution in [0.5, 0.6) is 17.2 Å². The van der Waals surface area contributed by atoms with E-state index in [2.05, 4.69) is 10.5 Å². The SMILES string of the molecule is COc1ccc(/C=N\NC(=O)CN(c2ccc(OC)cc2OC)S(C)(=O)=O)cc1. The van der Waals surface area contributed by atoms with Crippen molar-refractivity contribution in [3.8, 4) is 17.2 Å². The van der Waals surface area contributed by atoms with Crippen molar-refractivity contribution < 1.29 is 27.4 Å². The number of ether oxygens (including phenoxy) is 3. The Morgan fingerprint density at radius 3 is 2.21 bits per heavy atom. The number of hydrogen-bond acceptors (Lipinski definition) is 7. The number of hydrogen-bond donors (Lipinski definition) is 1. The van der Waals surface area contributed by atoms with Crippen LogP contribution in [0.3, 0.4) is 0 Å². The minimum Gasteiger partial charge on any atom is -0.497 e. The first-order chi connectivity index (χ1) is 13.8. The molecule has 2 aromatic carbocycles. The van der Waals surface area contributed by atoms with Crippen LogP contribution in [0.2, 0.25) is 0 Å². The van der Waals surface area contributed by atoms with Crippen LogP contribution in [-0.4, -0.2) is 54.7 Å². The molecule has 10 heteroatoms. The van der Waals surface area contributed by atoms with E-state index in [-0.39, 0.29) is 11.4 Å². The van der Waals surface area contributed by atoms with Gasteiger partial charge in [0.25, 0.3) is 5.91 Å². The zero-order valence-corrected chi connectivity index (χ0v) is 17.4. The molecule has 2 aromatic rings. The van der Waals surface area contributed by atoms with Gasteiger partial charge in [-0.1, -0.05) is 0 Å². The van der Waals surface area contributed by atoms with Gasteiger partial charge in [-0.05, 0) is 42.0 Å². The first-order valence-electron chi connectivity index (χ1n) is 8.44. The minimum atomic E-state index is -3.76. The number of hydrazone groups is 1. The number of nitrogens with one attached hydrogen (secondary N) is 1. The summed E-state index contributed by atoms with van der Waals surface area (Å²) in [5, 5.41) is 3.86. The molecule has 0 saturated heterocycles. The maximum absolute atomic E-state index is 12.3. The highest BCUT2D eigenvalue weighted by molar-refractivity contribution is 7.92. The summed E-state index contributed by atoms with van der Waals surface area (Å²) in [5.41, 5.74) is 3.27. The van der Waals surface area contributed by atoms with Gasteiger partial charge in [-0.15, -0.1) is 0 Å². The topological polar surface area (TPSA) is 107 Å². The first kappa shape index (κ1) is 22.0. The summed E-state index contributed by atoms with van der Waals surface area (Å²) in [4.78, 5) is 12.3. The fourth-order valence-electron chi connectivity index (χ4n) is 2.41. The van der Waals surface area contributed by atoms with E-state index in [1.807, 2.05) is 0 Å². The van der Waals surface area contributed by atoms with E-state index in [0.717, 1.165) is 16.1 Å². The second-order valence-corrected chi connectivity index (χ2v) is 7.78. The van der Waals surface area contributed by atoms with Gasteiger partial charge in [0.1, 0.15) is 23.8 Å². The lowest BCUT2D eigenvalue weighted by atomic mass is 10.2. The molecule has 0 fully saturated rings. The highest BCUT2D eigenvalue weighted by Gasteiger charge is 2.24. The standard InChI is InChI=1S/C19H23N3O6S/c1-26-15-7-5-14(6-8-15)12-20-21-19(23)13-22(29(4,24)25)17-10-9-16(27-2)11-18(17)28-3/h5-12H,13H2,1-4H3,(H,21,23)/b20-12-. The maximum atomic E-state index is 12.3. The molecular formula is C19H23N3O6S. The zero-order chi connectivity index (χ0) is 21.4. The van der Waals surface area contributed by atoms with Gasteiger partial charge >= 0.3 is 0 Å². The van der Waals surface area contributed by atoms with Crippen LogP contribution >= 0.6 is 0 Å². The molecular weight excluding hydrogens is 398 g/mol. The van der Waals surface area contributed by atoms with Gasteiger partial charge in [0.15, 0.2) is 0 Å². The van der Waals surface area contributed by atoms with Crippen LogP contribution in [0.15, 0.2) is 47.6 Å². The number of amides is 1. The van der Waals surface area contributed by atoms with Crippen molar-refractivity contribution in [3.05, 3.63) is 48.0 Å². The van der Waals surface area contributed by atoms with Crippen LogP contribution in [0.25, 0.3) is 0 Å². The minimum absolute atomic E-state index is 0.213. The van der Waals surface area contributed by atoms with Gasteiger partial charge in [0.05, 0.1) is 39.5 Å². The van der Waals surface area contributed by atoms with E-state index < -0.39 is 22.5 Å². The number of rotatable bonds is 9. The molecule has 0 heterocycles. The van der Waals surface area contributed by atoms with Crippen LogP contribution in [-0.2, 0) is 14.8 Å². The molecule has 0 saturated carbocycles. The molecule has 29 heavy (non-hydrogen) atoms. The third-order valence-corrected chi connectivity index (χ3v) is 4.99. The Labute approximate surface area is 169 Å². The van der Waals surface area contributed by atoms with Crippen molar-refractivity contribution in [3.63, 3.8) is 0 Å². The molecule has 0 aliphatic heterocycles. The van der Waals surface area contributed by atoms with Crippen molar-refractivity contribution in [2.75, 3.05) is 38.4 Å². The number of benzene rings is 2. The van der Waals surface area contributed by atoms with E-state index in [1.54, 1.807) is 37.4 Å². The number of carbonyl (C=O) groups is 1. The third kappa shape index (κ3) is 6.11. The molecule has 0 radical (unpaired) electrons. The largest absolute Gasteiger partial charge is 0.497 e. The molecule has 1 amide bonds. The summed E-state index contributed by atoms with van der Waals surface area (Å²) < 4.78 is 40.9. The first-order valence-corrected chi connectivity index (χ1v) is 10.3. The van der Waals surface area contributed by atoms with Crippen molar-refractivity contribution in [1.29, 1.82) is 0 Å². The molecule has 0 aliphatic carbocycles. The maximum Gasteiger partial charge on any atom is 0.260 e. The number of sulfonamides is 1. The van der Waals surface area contributed by atoms with E-state index in [9.17, 15) is 13.2 Å². The van der Waals surface area contributed by atoms with Crippen LogP contribution in [0.4, 0.5) is 5.69 Å². The molecule has 9 nitrogen and oxygen atoms in total. The molecule has 2 rings (SSSR count). The van der Waals surface area contributed by atoms with E-state index in [4.69, 9.17) is 14.2 Å². The second kappa shape index (κ2) is 9.78. The third-order valence-electron chi connectivity index (χ3n) is 3.86. The number of carbonyl (C=O) groups excluding carboxylic acids is 1. The predicted octanol–water partition coefficient (Wildman–Crippen LogP) is 1.63. The monoisotopic (exact) mass is 421 g/mol. The predicted molar refractivity (Wildman–Crippen MR) is 110 cm³/mol. The number of anilines is 1. The summed E-state index contributed by atoms with van der Waals surface area (Å²) in [6.45, 7) is -0.471. The Balaban J connectivity index is 2.14. The van der Waals surface area contributed by atoms with Crippen molar-refractivity contribution in [1.82, 2.24) is 5.43 Å². The Morgan fingerprint density at radius 2 is 1.66 bits per heavy atom. The smallest absolute Gasteiger partial charge is 0.260 e. The van der Waals surface area contributed by atoms with Crippen molar-refractivity contribution in [2.24, 2.45) is 5.10 Å². The van der Waals surface area contributed by atoms with Gasteiger partial charge < -0.3 is 14.2 Å². The van der Waals surface area contributed by atoms with Gasteiger partial charge in [0.2, 0.25) is 10.0 Å². The fraction of sp³-hybridized carbons (Fsp3) is 0.263. The molecule has 0 unspecified atom stereocenters. The molecule has 1 N–H and O–H groups in total. The number of nitrogens with zero attached hydrogens (tertiary/aromatic N) is 2. The Morgan fingerprint density at radius 1 is 1.03 bits per heavy atom. The normalized spacial score (nSPS) is 11.2. The van der Waals surface area contributed by atoms with Crippen LogP contribution < -0.4 is 23.9 Å². The Bertz CT molecular complexity index is 974. The van der Waals surface area contributed by atoms with E-state index >= 15 is 0 Å². The van der Waals surface area contributed by atoms with Crippen LogP contribution in [0, 0.1) is 0 Å². The summed E-state index contributed by atoms with van der Waals surface area (Å²) >= 11 is 0. The van der Waals surface area contributed by atoms with Crippen molar-refractivity contribution in [2.45, 2.75) is 0 Å². The quantitative estimate of drug-likeness (QED) is 0.487. The highest BCUT2D eigenvalue weighted by Crippen LogP contribution is 2.33. The molecule has 0 aliphatic rings. The molecule has 0 atom stereocenters. The van der Waals surface area contributed by atoms with E-state index in [1.165, 1.54) is 32.6 Å². The summed E-state index contributed by atoms with van der Waals surface area (Å²) in [5.74, 6) is 0.832. The van der Waals surface area contributed by atoms with Crippen LogP contribution in [0.1, 0.15) is 5.56 Å². The number of methoxy groups -OCH3 is 3. The van der Waals surface area contributed by atoms with Gasteiger partial charge in [-0.25, -0.2) is 13.8 Å². The lowest BCUT2D eigenvalue weighted by Crippen LogP contribution is -2.39. The van der Waals surface area contributed by atoms with E-state index in [0.29, 0.717) is 11.5 Å². The lowest BCUT2D eigenvalue weighted by molar-refractivity contribution is -0.119. The zero-order valence-electron chi connectivity index (χ0n) is 16.6. The molecule has 0 bridgehead atoms. The molecule has 0 spiro atoms.